The summed E-state index contributed by atoms with van der Waals surface area (Å²) in [5.74, 6) is 0. The minimum Gasteiger partial charge on any atom is -0.360 e. The highest BCUT2D eigenvalue weighted by Gasteiger charge is 2.01. The van der Waals surface area contributed by atoms with Gasteiger partial charge in [-0.3, -0.25) is 0 Å². The second-order valence-electron chi connectivity index (χ2n) is 2.55. The molecule has 0 aliphatic carbocycles. The van der Waals surface area contributed by atoms with E-state index >= 15 is 0 Å². The monoisotopic (exact) mass is 164 g/mol. The first-order chi connectivity index (χ1) is 5.29. The van der Waals surface area contributed by atoms with Gasteiger partial charge in [-0.05, 0) is 18.6 Å². The van der Waals surface area contributed by atoms with Gasteiger partial charge in [0.2, 0.25) is 0 Å². The molecule has 0 atom stereocenters. The molecule has 1 aromatic heterocycles. The van der Waals surface area contributed by atoms with Crippen molar-refractivity contribution in [3.8, 4) is 0 Å². The van der Waals surface area contributed by atoms with E-state index in [-0.39, 0.29) is 0 Å². The smallest absolute Gasteiger partial charge is 0.0535 e. The van der Waals surface area contributed by atoms with E-state index in [1.54, 1.807) is 6.20 Å². The molecule has 0 unspecified atom stereocenters. The van der Waals surface area contributed by atoms with Crippen molar-refractivity contribution in [2.24, 2.45) is 0 Å². The van der Waals surface area contributed by atoms with Crippen molar-refractivity contribution in [1.29, 1.82) is 0 Å². The third-order valence-corrected chi connectivity index (χ3v) is 2.27. The summed E-state index contributed by atoms with van der Waals surface area (Å²) in [5.41, 5.74) is 2.13. The molecular weight excluding hydrogens is 158 g/mol. The number of hydrogen-bond donors (Lipinski definition) is 1. The van der Waals surface area contributed by atoms with Gasteiger partial charge in [0.15, 0.2) is 0 Å². The molecule has 0 saturated carbocycles. The van der Waals surface area contributed by atoms with Gasteiger partial charge in [-0.15, -0.1) is 0 Å². The average Bonchev–Trinajstić information content (AvgIpc) is 2.45. The molecule has 1 N–H and O–H groups in total. The van der Waals surface area contributed by atoms with Crippen LogP contribution in [0.5, 0.6) is 0 Å². The molecule has 1 heterocycles. The van der Waals surface area contributed by atoms with Gasteiger partial charge in [0.1, 0.15) is 0 Å². The van der Waals surface area contributed by atoms with Crippen molar-refractivity contribution in [3.63, 3.8) is 0 Å². The highest BCUT2D eigenvalue weighted by atomic mass is 35.5. The molecule has 2 heteroatoms. The van der Waals surface area contributed by atoms with E-state index in [1.807, 2.05) is 19.1 Å². The fraction of sp³-hybridized carbons (Fsp3) is 0.111. The third-order valence-electron chi connectivity index (χ3n) is 1.78. The summed E-state index contributed by atoms with van der Waals surface area (Å²) in [6.07, 6.45) is 1.77. The first-order valence-corrected chi connectivity index (χ1v) is 3.80. The lowest BCUT2D eigenvalue weighted by molar-refractivity contribution is 1.45. The summed E-state index contributed by atoms with van der Waals surface area (Å²) in [7, 11) is 0. The molecule has 2 rings (SSSR count). The SMILES string of the molecule is Cc1ccc2[nH]c[c]c2c1Cl. The van der Waals surface area contributed by atoms with Gasteiger partial charge in [-0.1, -0.05) is 17.7 Å². The predicted molar refractivity (Wildman–Crippen MR) is 46.9 cm³/mol. The summed E-state index contributed by atoms with van der Waals surface area (Å²) < 4.78 is 0. The molecule has 0 aliphatic rings. The zero-order valence-corrected chi connectivity index (χ0v) is 6.87. The van der Waals surface area contributed by atoms with Gasteiger partial charge in [0, 0.05) is 23.2 Å². The first kappa shape index (κ1) is 6.74. The van der Waals surface area contributed by atoms with Crippen LogP contribution in [-0.2, 0) is 0 Å². The van der Waals surface area contributed by atoms with Gasteiger partial charge in [-0.25, -0.2) is 0 Å². The van der Waals surface area contributed by atoms with Gasteiger partial charge in [0.05, 0.1) is 5.02 Å². The number of fused-ring (bicyclic) bond motifs is 1. The Hall–Kier alpha value is -0.950. The van der Waals surface area contributed by atoms with E-state index in [0.29, 0.717) is 0 Å². The van der Waals surface area contributed by atoms with Crippen molar-refractivity contribution in [3.05, 3.63) is 35.0 Å². The Morgan fingerprint density at radius 3 is 3.09 bits per heavy atom. The Morgan fingerprint density at radius 1 is 1.45 bits per heavy atom. The van der Waals surface area contributed by atoms with E-state index in [1.165, 1.54) is 0 Å². The van der Waals surface area contributed by atoms with E-state index in [2.05, 4.69) is 11.1 Å². The maximum Gasteiger partial charge on any atom is 0.0535 e. The Labute approximate surface area is 70.0 Å². The lowest BCUT2D eigenvalue weighted by Gasteiger charge is -1.96. The van der Waals surface area contributed by atoms with E-state index in [9.17, 15) is 0 Å². The van der Waals surface area contributed by atoms with Crippen LogP contribution >= 0.6 is 11.6 Å². The molecule has 1 nitrogen and oxygen atoms in total. The van der Waals surface area contributed by atoms with E-state index < -0.39 is 0 Å². The van der Waals surface area contributed by atoms with Crippen LogP contribution in [0.15, 0.2) is 18.3 Å². The average molecular weight is 165 g/mol. The van der Waals surface area contributed by atoms with Gasteiger partial charge >= 0.3 is 0 Å². The van der Waals surface area contributed by atoms with Crippen LogP contribution in [0.1, 0.15) is 5.56 Å². The zero-order valence-electron chi connectivity index (χ0n) is 6.11. The number of aromatic nitrogens is 1. The van der Waals surface area contributed by atoms with Gasteiger partial charge in [0.25, 0.3) is 0 Å². The number of hydrogen-bond acceptors (Lipinski definition) is 0. The number of rotatable bonds is 0. The van der Waals surface area contributed by atoms with Crippen LogP contribution in [0.3, 0.4) is 0 Å². The summed E-state index contributed by atoms with van der Waals surface area (Å²) in [6.45, 7) is 1.99. The van der Waals surface area contributed by atoms with Crippen LogP contribution in [0.25, 0.3) is 10.9 Å². The predicted octanol–water partition coefficient (Wildman–Crippen LogP) is 2.93. The number of nitrogens with one attached hydrogen (secondary N) is 1. The Kier molecular flexibility index (Phi) is 1.40. The standard InChI is InChI=1S/C9H7ClN/c1-6-2-3-8-7(9(6)10)4-5-11-8/h2-3,5,11H,1H3. The second-order valence-corrected chi connectivity index (χ2v) is 2.93. The lowest BCUT2D eigenvalue weighted by atomic mass is 10.2. The minimum absolute atomic E-state index is 0.795. The molecule has 1 aromatic carbocycles. The Morgan fingerprint density at radius 2 is 2.27 bits per heavy atom. The van der Waals surface area contributed by atoms with Crippen LogP contribution in [0.2, 0.25) is 5.02 Å². The summed E-state index contributed by atoms with van der Waals surface area (Å²) in [4.78, 5) is 3.05. The van der Waals surface area contributed by atoms with Crippen LogP contribution in [0, 0.1) is 13.0 Å². The molecule has 0 amide bonds. The minimum atomic E-state index is 0.795. The summed E-state index contributed by atoms with van der Waals surface area (Å²) in [6, 6.07) is 7.04. The first-order valence-electron chi connectivity index (χ1n) is 3.43. The molecule has 0 fully saturated rings. The van der Waals surface area contributed by atoms with Gasteiger partial charge < -0.3 is 4.98 Å². The molecule has 0 bridgehead atoms. The third kappa shape index (κ3) is 0.925. The van der Waals surface area contributed by atoms with Gasteiger partial charge in [-0.2, -0.15) is 0 Å². The highest BCUT2D eigenvalue weighted by Crippen LogP contribution is 2.25. The quantitative estimate of drug-likeness (QED) is 0.616. The maximum absolute atomic E-state index is 6.02. The van der Waals surface area contributed by atoms with Crippen LogP contribution < -0.4 is 0 Å². The fourth-order valence-electron chi connectivity index (χ4n) is 1.13. The van der Waals surface area contributed by atoms with E-state index in [0.717, 1.165) is 21.5 Å². The van der Waals surface area contributed by atoms with Crippen LogP contribution in [0.4, 0.5) is 0 Å². The maximum atomic E-state index is 6.02. The Balaban J connectivity index is 2.93. The van der Waals surface area contributed by atoms with Crippen molar-refractivity contribution in [2.45, 2.75) is 6.92 Å². The van der Waals surface area contributed by atoms with Crippen molar-refractivity contribution < 1.29 is 0 Å². The number of benzene rings is 1. The van der Waals surface area contributed by atoms with Crippen molar-refractivity contribution in [2.75, 3.05) is 0 Å². The molecule has 0 spiro atoms. The lowest BCUT2D eigenvalue weighted by Crippen LogP contribution is -1.75. The van der Waals surface area contributed by atoms with Crippen molar-refractivity contribution in [1.82, 2.24) is 4.98 Å². The fourth-order valence-corrected chi connectivity index (χ4v) is 1.35. The summed E-state index contributed by atoms with van der Waals surface area (Å²) in [5, 5.41) is 1.77. The molecule has 1 radical (unpaired) electrons. The number of aromatic amines is 1. The second kappa shape index (κ2) is 2.28. The molecule has 11 heavy (non-hydrogen) atoms. The molecule has 0 saturated heterocycles. The number of aryl methyl sites for hydroxylation is 1. The van der Waals surface area contributed by atoms with E-state index in [4.69, 9.17) is 11.6 Å². The molecule has 0 aliphatic heterocycles. The molecule has 2 aromatic rings. The number of halogens is 1. The topological polar surface area (TPSA) is 15.8 Å². The molecular formula is C9H7ClN. The highest BCUT2D eigenvalue weighted by molar-refractivity contribution is 6.36. The Bertz CT molecular complexity index is 389. The number of H-pyrrole nitrogens is 1. The van der Waals surface area contributed by atoms with Crippen LogP contribution in [-0.4, -0.2) is 4.98 Å². The summed E-state index contributed by atoms with van der Waals surface area (Å²) >= 11 is 6.02. The zero-order chi connectivity index (χ0) is 7.84. The molecule has 55 valence electrons. The van der Waals surface area contributed by atoms with Crippen molar-refractivity contribution >= 4 is 22.5 Å². The normalized spacial score (nSPS) is 10.7. The largest absolute Gasteiger partial charge is 0.360 e.